The number of aryl methyl sites for hydroxylation is 2. The van der Waals surface area contributed by atoms with Gasteiger partial charge in [0.2, 0.25) is 0 Å². The number of rotatable bonds is 5. The molecule has 0 aliphatic rings. The molecule has 0 aromatic heterocycles. The van der Waals surface area contributed by atoms with Gasteiger partial charge in [0.1, 0.15) is 0 Å². The fourth-order valence-corrected chi connectivity index (χ4v) is 3.36. The van der Waals surface area contributed by atoms with Gasteiger partial charge >= 0.3 is 0 Å². The molecule has 0 aliphatic heterocycles. The standard InChI is InChI=1S/C17H21NS/c1-13-8-14(2)10-15(9-13)12-19-17(11-18)16-6-4-3-5-7-16/h3-10,17H,11-12,18H2,1-2H3. The molecule has 0 saturated heterocycles. The van der Waals surface area contributed by atoms with Crippen molar-refractivity contribution in [1.82, 2.24) is 0 Å². The summed E-state index contributed by atoms with van der Waals surface area (Å²) in [4.78, 5) is 0. The van der Waals surface area contributed by atoms with Crippen LogP contribution in [0.3, 0.4) is 0 Å². The minimum atomic E-state index is 0.377. The van der Waals surface area contributed by atoms with Gasteiger partial charge in [0, 0.05) is 17.5 Å². The molecule has 0 heterocycles. The molecule has 19 heavy (non-hydrogen) atoms. The van der Waals surface area contributed by atoms with Gasteiger partial charge in [0.15, 0.2) is 0 Å². The van der Waals surface area contributed by atoms with Gasteiger partial charge in [0.05, 0.1) is 0 Å². The van der Waals surface area contributed by atoms with Crippen LogP contribution in [-0.2, 0) is 5.75 Å². The second-order valence-electron chi connectivity index (χ2n) is 4.94. The molecule has 2 aromatic rings. The van der Waals surface area contributed by atoms with Crippen LogP contribution in [0.15, 0.2) is 48.5 Å². The van der Waals surface area contributed by atoms with Crippen molar-refractivity contribution in [3.05, 3.63) is 70.8 Å². The second-order valence-corrected chi connectivity index (χ2v) is 6.13. The van der Waals surface area contributed by atoms with Crippen molar-refractivity contribution in [1.29, 1.82) is 0 Å². The average Bonchev–Trinajstić information content (AvgIpc) is 2.39. The van der Waals surface area contributed by atoms with Crippen molar-refractivity contribution >= 4 is 11.8 Å². The number of nitrogens with two attached hydrogens (primary N) is 1. The van der Waals surface area contributed by atoms with Gasteiger partial charge in [-0.25, -0.2) is 0 Å². The number of benzene rings is 2. The van der Waals surface area contributed by atoms with Crippen LogP contribution in [0.5, 0.6) is 0 Å². The molecule has 2 rings (SSSR count). The van der Waals surface area contributed by atoms with Gasteiger partial charge < -0.3 is 5.73 Å². The molecule has 2 N–H and O–H groups in total. The molecule has 1 unspecified atom stereocenters. The summed E-state index contributed by atoms with van der Waals surface area (Å²) in [5, 5.41) is 0.377. The number of hydrogen-bond acceptors (Lipinski definition) is 2. The Morgan fingerprint density at radius 2 is 1.63 bits per heavy atom. The summed E-state index contributed by atoms with van der Waals surface area (Å²) in [6, 6.07) is 17.3. The van der Waals surface area contributed by atoms with E-state index in [0.717, 1.165) is 5.75 Å². The Hall–Kier alpha value is -1.25. The zero-order valence-electron chi connectivity index (χ0n) is 11.6. The Kier molecular flexibility index (Phi) is 5.06. The van der Waals surface area contributed by atoms with E-state index >= 15 is 0 Å². The highest BCUT2D eigenvalue weighted by molar-refractivity contribution is 7.98. The van der Waals surface area contributed by atoms with E-state index in [4.69, 9.17) is 5.73 Å². The molecule has 1 atom stereocenters. The SMILES string of the molecule is Cc1cc(C)cc(CSC(CN)c2ccccc2)c1. The van der Waals surface area contributed by atoms with Gasteiger partial charge in [0.25, 0.3) is 0 Å². The molecule has 2 heteroatoms. The minimum absolute atomic E-state index is 0.377. The van der Waals surface area contributed by atoms with Gasteiger partial charge in [-0.2, -0.15) is 0 Å². The summed E-state index contributed by atoms with van der Waals surface area (Å²) in [5.74, 6) is 1.01. The van der Waals surface area contributed by atoms with E-state index in [1.54, 1.807) is 0 Å². The maximum Gasteiger partial charge on any atom is 0.0422 e. The first kappa shape index (κ1) is 14.2. The lowest BCUT2D eigenvalue weighted by Crippen LogP contribution is -2.09. The lowest BCUT2D eigenvalue weighted by molar-refractivity contribution is 0.940. The van der Waals surface area contributed by atoms with Crippen LogP contribution >= 0.6 is 11.8 Å². The Labute approximate surface area is 120 Å². The maximum atomic E-state index is 5.91. The summed E-state index contributed by atoms with van der Waals surface area (Å²) < 4.78 is 0. The molecule has 2 aromatic carbocycles. The molecule has 0 bridgehead atoms. The number of hydrogen-bond donors (Lipinski definition) is 1. The third-order valence-electron chi connectivity index (χ3n) is 3.12. The van der Waals surface area contributed by atoms with Crippen molar-refractivity contribution in [2.24, 2.45) is 5.73 Å². The van der Waals surface area contributed by atoms with Crippen molar-refractivity contribution in [3.63, 3.8) is 0 Å². The summed E-state index contributed by atoms with van der Waals surface area (Å²) >= 11 is 1.92. The Bertz CT molecular complexity index is 502. The summed E-state index contributed by atoms with van der Waals surface area (Å²) in [7, 11) is 0. The lowest BCUT2D eigenvalue weighted by Gasteiger charge is -2.15. The van der Waals surface area contributed by atoms with E-state index < -0.39 is 0 Å². The van der Waals surface area contributed by atoms with Crippen LogP contribution in [0.1, 0.15) is 27.5 Å². The highest BCUT2D eigenvalue weighted by atomic mass is 32.2. The number of thioether (sulfide) groups is 1. The third kappa shape index (κ3) is 4.12. The van der Waals surface area contributed by atoms with Crippen LogP contribution in [0.2, 0.25) is 0 Å². The first-order valence-electron chi connectivity index (χ1n) is 6.63. The van der Waals surface area contributed by atoms with Crippen LogP contribution in [0.25, 0.3) is 0 Å². The quantitative estimate of drug-likeness (QED) is 0.880. The van der Waals surface area contributed by atoms with E-state index in [1.807, 2.05) is 17.8 Å². The smallest absolute Gasteiger partial charge is 0.0422 e. The van der Waals surface area contributed by atoms with Crippen molar-refractivity contribution < 1.29 is 0 Å². The largest absolute Gasteiger partial charge is 0.329 e. The monoisotopic (exact) mass is 271 g/mol. The molecule has 100 valence electrons. The zero-order valence-corrected chi connectivity index (χ0v) is 12.4. The Balaban J connectivity index is 2.04. The van der Waals surface area contributed by atoms with E-state index in [2.05, 4.69) is 56.3 Å². The summed E-state index contributed by atoms with van der Waals surface area (Å²) in [6.45, 7) is 4.98. The van der Waals surface area contributed by atoms with Crippen LogP contribution < -0.4 is 5.73 Å². The normalized spacial score (nSPS) is 12.4. The average molecular weight is 271 g/mol. The lowest BCUT2D eigenvalue weighted by atomic mass is 10.1. The van der Waals surface area contributed by atoms with Gasteiger partial charge in [-0.1, -0.05) is 59.7 Å². The van der Waals surface area contributed by atoms with Crippen LogP contribution in [0.4, 0.5) is 0 Å². The Morgan fingerprint density at radius 3 is 2.21 bits per heavy atom. The predicted molar refractivity (Wildman–Crippen MR) is 85.4 cm³/mol. The molecule has 0 aliphatic carbocycles. The predicted octanol–water partition coefficient (Wildman–Crippen LogP) is 4.24. The molecular formula is C17H21NS. The molecule has 1 nitrogen and oxygen atoms in total. The first-order valence-corrected chi connectivity index (χ1v) is 7.67. The van der Waals surface area contributed by atoms with Crippen LogP contribution in [0, 0.1) is 13.8 Å². The molecule has 0 amide bonds. The highest BCUT2D eigenvalue weighted by Crippen LogP contribution is 2.30. The van der Waals surface area contributed by atoms with Gasteiger partial charge in [-0.3, -0.25) is 0 Å². The van der Waals surface area contributed by atoms with E-state index in [9.17, 15) is 0 Å². The molecule has 0 saturated carbocycles. The minimum Gasteiger partial charge on any atom is -0.329 e. The fourth-order valence-electron chi connectivity index (χ4n) is 2.32. The van der Waals surface area contributed by atoms with Crippen molar-refractivity contribution in [2.45, 2.75) is 24.9 Å². The molecule has 0 spiro atoms. The van der Waals surface area contributed by atoms with E-state index in [1.165, 1.54) is 22.3 Å². The second kappa shape index (κ2) is 6.78. The highest BCUT2D eigenvalue weighted by Gasteiger charge is 2.10. The fraction of sp³-hybridized carbons (Fsp3) is 0.294. The molecule has 0 radical (unpaired) electrons. The van der Waals surface area contributed by atoms with Crippen molar-refractivity contribution in [2.75, 3.05) is 6.54 Å². The topological polar surface area (TPSA) is 26.0 Å². The summed E-state index contributed by atoms with van der Waals surface area (Å²) in [5.41, 5.74) is 11.3. The molecular weight excluding hydrogens is 250 g/mol. The maximum absolute atomic E-state index is 5.91. The summed E-state index contributed by atoms with van der Waals surface area (Å²) in [6.07, 6.45) is 0. The Morgan fingerprint density at radius 1 is 1.00 bits per heavy atom. The van der Waals surface area contributed by atoms with E-state index in [-0.39, 0.29) is 0 Å². The van der Waals surface area contributed by atoms with E-state index in [0.29, 0.717) is 11.8 Å². The van der Waals surface area contributed by atoms with Crippen molar-refractivity contribution in [3.8, 4) is 0 Å². The first-order chi connectivity index (χ1) is 9.19. The zero-order chi connectivity index (χ0) is 13.7. The molecule has 0 fully saturated rings. The third-order valence-corrected chi connectivity index (χ3v) is 4.49. The van der Waals surface area contributed by atoms with Gasteiger partial charge in [-0.15, -0.1) is 11.8 Å². The van der Waals surface area contributed by atoms with Gasteiger partial charge in [-0.05, 0) is 25.0 Å². The van der Waals surface area contributed by atoms with Crippen LogP contribution in [-0.4, -0.2) is 6.54 Å².